The molecular weight excluding hydrogens is 521 g/mol. The standard InChI is InChI=1S/C29H27ClFN5OS/c1-18-16-22(19(2)36(18)21-9-7-8-20(30)17-21)28-27(25-12-5-6-14-32-25)34-29(38)35(28)15-13-26(37)33-24-11-4-3-10-23(24)31/h3-12,14,16-17,27-28H,13,15H2,1-2H3,(H,33,37)(H,34,38)/t27-,28-/m1/s1. The van der Waals surface area contributed by atoms with Crippen LogP contribution in [0.2, 0.25) is 5.02 Å². The number of halogens is 2. The number of carbonyl (C=O) groups is 1. The lowest BCUT2D eigenvalue weighted by Gasteiger charge is -2.28. The minimum Gasteiger partial charge on any atom is -0.352 e. The van der Waals surface area contributed by atoms with E-state index in [0.29, 0.717) is 16.7 Å². The lowest BCUT2D eigenvalue weighted by Crippen LogP contribution is -2.33. The zero-order chi connectivity index (χ0) is 26.8. The van der Waals surface area contributed by atoms with Crippen LogP contribution in [0.15, 0.2) is 79.0 Å². The summed E-state index contributed by atoms with van der Waals surface area (Å²) in [6.45, 7) is 4.48. The second kappa shape index (κ2) is 10.9. The summed E-state index contributed by atoms with van der Waals surface area (Å²) in [6, 6.07) is 21.4. The summed E-state index contributed by atoms with van der Waals surface area (Å²) in [6.07, 6.45) is 1.89. The van der Waals surface area contributed by atoms with Crippen LogP contribution in [0.3, 0.4) is 0 Å². The average molecular weight is 548 g/mol. The van der Waals surface area contributed by atoms with Crippen LogP contribution in [0.25, 0.3) is 5.69 Å². The molecule has 194 valence electrons. The van der Waals surface area contributed by atoms with Crippen molar-refractivity contribution >= 4 is 40.5 Å². The van der Waals surface area contributed by atoms with Gasteiger partial charge in [0.1, 0.15) is 5.82 Å². The van der Waals surface area contributed by atoms with Gasteiger partial charge in [0.15, 0.2) is 5.11 Å². The van der Waals surface area contributed by atoms with Gasteiger partial charge in [0.05, 0.1) is 23.5 Å². The van der Waals surface area contributed by atoms with E-state index >= 15 is 0 Å². The zero-order valence-corrected chi connectivity index (χ0v) is 22.6. The fraction of sp³-hybridized carbons (Fsp3) is 0.207. The lowest BCUT2D eigenvalue weighted by atomic mass is 9.96. The average Bonchev–Trinajstić information content (AvgIpc) is 3.39. The predicted molar refractivity (Wildman–Crippen MR) is 152 cm³/mol. The van der Waals surface area contributed by atoms with E-state index in [1.165, 1.54) is 6.07 Å². The van der Waals surface area contributed by atoms with Gasteiger partial charge in [0.2, 0.25) is 5.91 Å². The molecule has 3 heterocycles. The van der Waals surface area contributed by atoms with Crippen molar-refractivity contribution in [2.75, 3.05) is 11.9 Å². The molecule has 2 N–H and O–H groups in total. The van der Waals surface area contributed by atoms with Gasteiger partial charge in [-0.3, -0.25) is 9.78 Å². The summed E-state index contributed by atoms with van der Waals surface area (Å²) >= 11 is 12.1. The number of rotatable bonds is 7. The van der Waals surface area contributed by atoms with Crippen molar-refractivity contribution in [3.8, 4) is 5.69 Å². The maximum absolute atomic E-state index is 14.1. The first-order valence-corrected chi connectivity index (χ1v) is 13.1. The number of hydrogen-bond donors (Lipinski definition) is 2. The minimum absolute atomic E-state index is 0.134. The largest absolute Gasteiger partial charge is 0.352 e. The van der Waals surface area contributed by atoms with Crippen molar-refractivity contribution in [2.24, 2.45) is 0 Å². The Hall–Kier alpha value is -3.75. The van der Waals surface area contributed by atoms with Crippen molar-refractivity contribution in [2.45, 2.75) is 32.4 Å². The molecule has 5 rings (SSSR count). The van der Waals surface area contributed by atoms with Gasteiger partial charge in [0.25, 0.3) is 0 Å². The van der Waals surface area contributed by atoms with Crippen molar-refractivity contribution in [1.29, 1.82) is 0 Å². The maximum Gasteiger partial charge on any atom is 0.226 e. The second-order valence-corrected chi connectivity index (χ2v) is 10.1. The molecule has 1 fully saturated rings. The van der Waals surface area contributed by atoms with E-state index in [2.05, 4.69) is 40.1 Å². The molecule has 1 saturated heterocycles. The van der Waals surface area contributed by atoms with E-state index in [1.54, 1.807) is 24.4 Å². The number of anilines is 1. The number of carbonyl (C=O) groups excluding carboxylic acids is 1. The van der Waals surface area contributed by atoms with Crippen LogP contribution in [0.1, 0.15) is 41.1 Å². The fourth-order valence-corrected chi connectivity index (χ4v) is 5.60. The van der Waals surface area contributed by atoms with Gasteiger partial charge in [-0.2, -0.15) is 0 Å². The monoisotopic (exact) mass is 547 g/mol. The highest BCUT2D eigenvalue weighted by atomic mass is 35.5. The Morgan fingerprint density at radius 1 is 1.11 bits per heavy atom. The number of nitrogens with one attached hydrogen (secondary N) is 2. The van der Waals surface area contributed by atoms with E-state index in [0.717, 1.165) is 28.3 Å². The summed E-state index contributed by atoms with van der Waals surface area (Å²) in [5, 5.41) is 7.29. The first kappa shape index (κ1) is 25.9. The maximum atomic E-state index is 14.1. The van der Waals surface area contributed by atoms with Gasteiger partial charge < -0.3 is 20.1 Å². The summed E-state index contributed by atoms with van der Waals surface area (Å²) in [4.78, 5) is 19.4. The summed E-state index contributed by atoms with van der Waals surface area (Å²) in [7, 11) is 0. The molecule has 0 radical (unpaired) electrons. The topological polar surface area (TPSA) is 62.2 Å². The van der Waals surface area contributed by atoms with Crippen molar-refractivity contribution < 1.29 is 9.18 Å². The molecule has 0 bridgehead atoms. The minimum atomic E-state index is -0.472. The van der Waals surface area contributed by atoms with Gasteiger partial charge in [-0.15, -0.1) is 0 Å². The molecule has 2 atom stereocenters. The van der Waals surface area contributed by atoms with Crippen LogP contribution in [-0.2, 0) is 4.79 Å². The number of amides is 1. The molecule has 0 aliphatic carbocycles. The third-order valence-electron chi connectivity index (χ3n) is 6.78. The Bertz CT molecular complexity index is 1490. The van der Waals surface area contributed by atoms with E-state index in [1.807, 2.05) is 47.4 Å². The van der Waals surface area contributed by atoms with Crippen LogP contribution < -0.4 is 10.6 Å². The van der Waals surface area contributed by atoms with Gasteiger partial charge in [-0.05, 0) is 80.2 Å². The molecule has 6 nitrogen and oxygen atoms in total. The molecule has 1 aliphatic rings. The molecule has 9 heteroatoms. The third-order valence-corrected chi connectivity index (χ3v) is 7.37. The molecule has 2 aromatic carbocycles. The van der Waals surface area contributed by atoms with E-state index in [-0.39, 0.29) is 30.1 Å². The van der Waals surface area contributed by atoms with Crippen LogP contribution in [0, 0.1) is 19.7 Å². The van der Waals surface area contributed by atoms with E-state index < -0.39 is 5.82 Å². The Kier molecular flexibility index (Phi) is 7.44. The van der Waals surface area contributed by atoms with E-state index in [9.17, 15) is 9.18 Å². The fourth-order valence-electron chi connectivity index (χ4n) is 5.08. The van der Waals surface area contributed by atoms with E-state index in [4.69, 9.17) is 23.8 Å². The highest BCUT2D eigenvalue weighted by molar-refractivity contribution is 7.80. The number of hydrogen-bond acceptors (Lipinski definition) is 3. The Labute approximate surface area is 231 Å². The molecule has 38 heavy (non-hydrogen) atoms. The molecule has 0 spiro atoms. The van der Waals surface area contributed by atoms with Crippen LogP contribution in [0.4, 0.5) is 10.1 Å². The lowest BCUT2D eigenvalue weighted by molar-refractivity contribution is -0.116. The summed E-state index contributed by atoms with van der Waals surface area (Å²) < 4.78 is 16.2. The van der Waals surface area contributed by atoms with Crippen molar-refractivity contribution in [1.82, 2.24) is 19.8 Å². The Morgan fingerprint density at radius 2 is 1.89 bits per heavy atom. The van der Waals surface area contributed by atoms with Crippen molar-refractivity contribution in [3.63, 3.8) is 0 Å². The van der Waals surface area contributed by atoms with Crippen molar-refractivity contribution in [3.05, 3.63) is 112 Å². The number of para-hydroxylation sites is 1. The molecule has 4 aromatic rings. The Morgan fingerprint density at radius 3 is 2.63 bits per heavy atom. The highest BCUT2D eigenvalue weighted by Gasteiger charge is 2.41. The number of benzene rings is 2. The van der Waals surface area contributed by atoms with Crippen LogP contribution in [-0.4, -0.2) is 32.0 Å². The number of nitrogens with zero attached hydrogens (tertiary/aromatic N) is 3. The van der Waals surface area contributed by atoms with Gasteiger partial charge >= 0.3 is 0 Å². The zero-order valence-electron chi connectivity index (χ0n) is 21.0. The quantitative estimate of drug-likeness (QED) is 0.267. The van der Waals surface area contributed by atoms with Gasteiger partial charge in [-0.1, -0.05) is 35.9 Å². The first-order chi connectivity index (χ1) is 18.3. The highest BCUT2D eigenvalue weighted by Crippen LogP contribution is 2.41. The van der Waals surface area contributed by atoms with Crippen LogP contribution >= 0.6 is 23.8 Å². The first-order valence-electron chi connectivity index (χ1n) is 12.3. The third kappa shape index (κ3) is 5.14. The number of aryl methyl sites for hydroxylation is 1. The molecule has 2 aromatic heterocycles. The normalized spacial score (nSPS) is 16.9. The summed E-state index contributed by atoms with van der Waals surface area (Å²) in [5.74, 6) is -0.761. The number of pyridine rings is 1. The molecule has 0 saturated carbocycles. The summed E-state index contributed by atoms with van der Waals surface area (Å²) in [5.41, 5.74) is 5.15. The molecule has 0 unspecified atom stereocenters. The predicted octanol–water partition coefficient (Wildman–Crippen LogP) is 6.28. The Balaban J connectivity index is 1.48. The molecule has 1 aliphatic heterocycles. The second-order valence-electron chi connectivity index (χ2n) is 9.24. The van der Waals surface area contributed by atoms with Crippen LogP contribution in [0.5, 0.6) is 0 Å². The van der Waals surface area contributed by atoms with Gasteiger partial charge in [0, 0.05) is 41.3 Å². The van der Waals surface area contributed by atoms with Gasteiger partial charge in [-0.25, -0.2) is 4.39 Å². The SMILES string of the molecule is Cc1cc([C@@H]2[C@@H](c3ccccn3)NC(=S)N2CCC(=O)Nc2ccccc2F)c(C)n1-c1cccc(Cl)c1. The number of aromatic nitrogens is 2. The smallest absolute Gasteiger partial charge is 0.226 e. The molecular formula is C29H27ClFN5OS. The number of thiocarbonyl (C=S) groups is 1. The molecule has 1 amide bonds.